The van der Waals surface area contributed by atoms with Crippen LogP contribution in [0.3, 0.4) is 0 Å². The minimum Gasteiger partial charge on any atom is -0.453 e. The number of urea groups is 1. The van der Waals surface area contributed by atoms with Gasteiger partial charge < -0.3 is 19.3 Å². The number of benzene rings is 1. The first-order valence-corrected chi connectivity index (χ1v) is 12.1. The first-order chi connectivity index (χ1) is 16.4. The molecule has 0 radical (unpaired) electrons. The number of hydrogen-bond donors (Lipinski definition) is 1. The van der Waals surface area contributed by atoms with E-state index >= 15 is 0 Å². The summed E-state index contributed by atoms with van der Waals surface area (Å²) in [5.74, 6) is -0.115. The molecular formula is C22H24ClN5O5S. The van der Waals surface area contributed by atoms with Gasteiger partial charge in [-0.2, -0.15) is 0 Å². The molecule has 3 aliphatic rings. The standard InChI is InChI=1S/C22H24ClN5O5S/c1-32-21(31)27-5-4-22(12-27)13-28(16-3-2-14(23)10-15(16)22)20(30)25-19-24-11-17(34-19)18(29)26-6-8-33-9-7-26/h2-3,10-11H,4-9,12-13H2,1H3,(H,24,25,30). The van der Waals surface area contributed by atoms with E-state index in [0.29, 0.717) is 67.4 Å². The third-order valence-corrected chi connectivity index (χ3v) is 7.68. The Hall–Kier alpha value is -2.89. The second-order valence-corrected chi connectivity index (χ2v) is 10.0. The number of morpholine rings is 1. The van der Waals surface area contributed by atoms with Crippen molar-refractivity contribution in [1.29, 1.82) is 0 Å². The zero-order valence-corrected chi connectivity index (χ0v) is 20.2. The first kappa shape index (κ1) is 22.9. The van der Waals surface area contributed by atoms with Crippen molar-refractivity contribution in [3.05, 3.63) is 39.9 Å². The number of nitrogens with one attached hydrogen (secondary N) is 1. The number of halogens is 1. The van der Waals surface area contributed by atoms with Gasteiger partial charge in [0.1, 0.15) is 4.88 Å². The van der Waals surface area contributed by atoms with Gasteiger partial charge in [-0.3, -0.25) is 15.0 Å². The van der Waals surface area contributed by atoms with Crippen LogP contribution >= 0.6 is 22.9 Å². The van der Waals surface area contributed by atoms with Crippen molar-refractivity contribution in [3.63, 3.8) is 0 Å². The Morgan fingerprint density at radius 3 is 2.74 bits per heavy atom. The van der Waals surface area contributed by atoms with Crippen LogP contribution in [-0.4, -0.2) is 85.9 Å². The van der Waals surface area contributed by atoms with E-state index in [1.54, 1.807) is 20.8 Å². The average molecular weight is 506 g/mol. The van der Waals surface area contributed by atoms with Gasteiger partial charge in [0.2, 0.25) is 0 Å². The zero-order valence-electron chi connectivity index (χ0n) is 18.6. The summed E-state index contributed by atoms with van der Waals surface area (Å²) in [6.45, 7) is 3.47. The Labute approximate surface area is 205 Å². The van der Waals surface area contributed by atoms with Gasteiger partial charge in [-0.15, -0.1) is 0 Å². The topological polar surface area (TPSA) is 104 Å². The number of amides is 4. The summed E-state index contributed by atoms with van der Waals surface area (Å²) in [6.07, 6.45) is 1.79. The lowest BCUT2D eigenvalue weighted by Crippen LogP contribution is -2.41. The maximum absolute atomic E-state index is 13.3. The van der Waals surface area contributed by atoms with Crippen molar-refractivity contribution in [3.8, 4) is 0 Å². The van der Waals surface area contributed by atoms with Gasteiger partial charge >= 0.3 is 12.1 Å². The number of ether oxygens (including phenoxy) is 2. The Kier molecular flexibility index (Phi) is 6.09. The maximum atomic E-state index is 13.3. The highest BCUT2D eigenvalue weighted by atomic mass is 35.5. The molecule has 5 rings (SSSR count). The van der Waals surface area contributed by atoms with Gasteiger partial charge in [0.15, 0.2) is 5.13 Å². The van der Waals surface area contributed by atoms with Crippen molar-refractivity contribution >= 4 is 51.8 Å². The molecule has 1 atom stereocenters. The average Bonchev–Trinajstić information content (AvgIpc) is 3.57. The highest BCUT2D eigenvalue weighted by Gasteiger charge is 2.50. The number of carbonyl (C=O) groups is 3. The Morgan fingerprint density at radius 1 is 1.18 bits per heavy atom. The number of anilines is 2. The molecule has 2 fully saturated rings. The molecule has 0 bridgehead atoms. The number of hydrogen-bond acceptors (Lipinski definition) is 7. The predicted molar refractivity (Wildman–Crippen MR) is 127 cm³/mol. The number of fused-ring (bicyclic) bond motifs is 2. The summed E-state index contributed by atoms with van der Waals surface area (Å²) < 4.78 is 10.2. The number of rotatable bonds is 2. The van der Waals surface area contributed by atoms with Gasteiger partial charge in [-0.05, 0) is 30.2 Å². The molecule has 10 nitrogen and oxygen atoms in total. The van der Waals surface area contributed by atoms with Crippen LogP contribution in [0, 0.1) is 0 Å². The van der Waals surface area contributed by atoms with Gasteiger partial charge in [0.25, 0.3) is 5.91 Å². The maximum Gasteiger partial charge on any atom is 0.409 e. The molecule has 34 heavy (non-hydrogen) atoms. The Bertz CT molecular complexity index is 1140. The van der Waals surface area contributed by atoms with Gasteiger partial charge in [0, 0.05) is 48.8 Å². The monoisotopic (exact) mass is 505 g/mol. The Morgan fingerprint density at radius 2 is 1.97 bits per heavy atom. The summed E-state index contributed by atoms with van der Waals surface area (Å²) in [7, 11) is 1.36. The molecule has 2 aromatic rings. The van der Waals surface area contributed by atoms with Crippen molar-refractivity contribution < 1.29 is 23.9 Å². The van der Waals surface area contributed by atoms with E-state index in [9.17, 15) is 14.4 Å². The van der Waals surface area contributed by atoms with Crippen LogP contribution in [0.1, 0.15) is 21.7 Å². The highest BCUT2D eigenvalue weighted by Crippen LogP contribution is 2.47. The summed E-state index contributed by atoms with van der Waals surface area (Å²) >= 11 is 7.43. The third kappa shape index (κ3) is 4.08. The van der Waals surface area contributed by atoms with Crippen LogP contribution in [0.5, 0.6) is 0 Å². The summed E-state index contributed by atoms with van der Waals surface area (Å²) in [4.78, 5) is 47.8. The van der Waals surface area contributed by atoms with Crippen LogP contribution in [0.4, 0.5) is 20.4 Å². The van der Waals surface area contributed by atoms with Crippen LogP contribution in [-0.2, 0) is 14.9 Å². The SMILES string of the molecule is COC(=O)N1CCC2(C1)CN(C(=O)Nc1ncc(C(=O)N3CCOCC3)s1)c1ccc(Cl)cc12. The van der Waals surface area contributed by atoms with E-state index in [-0.39, 0.29) is 18.0 Å². The van der Waals surface area contributed by atoms with E-state index in [2.05, 4.69) is 10.3 Å². The quantitative estimate of drug-likeness (QED) is 0.672. The molecule has 2 saturated heterocycles. The van der Waals surface area contributed by atoms with E-state index in [1.807, 2.05) is 12.1 Å². The molecule has 1 unspecified atom stereocenters. The molecule has 0 saturated carbocycles. The fourth-order valence-corrected chi connectivity index (χ4v) is 5.79. The lowest BCUT2D eigenvalue weighted by molar-refractivity contribution is 0.0306. The van der Waals surface area contributed by atoms with Gasteiger partial charge in [-0.25, -0.2) is 14.6 Å². The molecule has 1 N–H and O–H groups in total. The lowest BCUT2D eigenvalue weighted by atomic mass is 9.81. The second kappa shape index (κ2) is 9.05. The number of aromatic nitrogens is 1. The predicted octanol–water partition coefficient (Wildman–Crippen LogP) is 3.03. The lowest BCUT2D eigenvalue weighted by Gasteiger charge is -2.26. The second-order valence-electron chi connectivity index (χ2n) is 8.53. The van der Waals surface area contributed by atoms with Crippen LogP contribution in [0.25, 0.3) is 0 Å². The fourth-order valence-electron chi connectivity index (χ4n) is 4.84. The number of likely N-dealkylation sites (tertiary alicyclic amines) is 1. The van der Waals surface area contributed by atoms with Crippen LogP contribution in [0.15, 0.2) is 24.4 Å². The highest BCUT2D eigenvalue weighted by molar-refractivity contribution is 7.17. The molecule has 1 aromatic heterocycles. The normalized spacial score (nSPS) is 21.6. The largest absolute Gasteiger partial charge is 0.453 e. The number of methoxy groups -OCH3 is 1. The number of carbonyl (C=O) groups excluding carboxylic acids is 3. The number of thiazole rings is 1. The summed E-state index contributed by atoms with van der Waals surface area (Å²) in [5, 5.41) is 3.75. The van der Waals surface area contributed by atoms with Gasteiger partial charge in [-0.1, -0.05) is 22.9 Å². The molecular weight excluding hydrogens is 482 g/mol. The van der Waals surface area contributed by atoms with Crippen molar-refractivity contribution in [2.45, 2.75) is 11.8 Å². The van der Waals surface area contributed by atoms with E-state index in [0.717, 1.165) is 22.6 Å². The zero-order chi connectivity index (χ0) is 23.9. The van der Waals surface area contributed by atoms with Crippen LogP contribution < -0.4 is 10.2 Å². The first-order valence-electron chi connectivity index (χ1n) is 10.9. The van der Waals surface area contributed by atoms with Gasteiger partial charge in [0.05, 0.1) is 26.5 Å². The summed E-state index contributed by atoms with van der Waals surface area (Å²) in [6, 6.07) is 5.08. The molecule has 0 aliphatic carbocycles. The van der Waals surface area contributed by atoms with E-state index < -0.39 is 5.41 Å². The van der Waals surface area contributed by atoms with Crippen molar-refractivity contribution in [2.75, 3.05) is 63.3 Å². The van der Waals surface area contributed by atoms with E-state index in [4.69, 9.17) is 21.1 Å². The molecule has 4 amide bonds. The smallest absolute Gasteiger partial charge is 0.409 e. The Balaban J connectivity index is 1.34. The molecule has 1 aromatic carbocycles. The van der Waals surface area contributed by atoms with Crippen molar-refractivity contribution in [1.82, 2.24) is 14.8 Å². The van der Waals surface area contributed by atoms with Crippen LogP contribution in [0.2, 0.25) is 5.02 Å². The molecule has 4 heterocycles. The minimum absolute atomic E-state index is 0.115. The third-order valence-electron chi connectivity index (χ3n) is 6.54. The minimum atomic E-state index is -0.425. The molecule has 1 spiro atoms. The number of nitrogens with zero attached hydrogens (tertiary/aromatic N) is 4. The van der Waals surface area contributed by atoms with E-state index in [1.165, 1.54) is 13.3 Å². The molecule has 12 heteroatoms. The fraction of sp³-hybridized carbons (Fsp3) is 0.455. The molecule has 3 aliphatic heterocycles. The molecule has 180 valence electrons. The van der Waals surface area contributed by atoms with Crippen molar-refractivity contribution in [2.24, 2.45) is 0 Å². The summed E-state index contributed by atoms with van der Waals surface area (Å²) in [5.41, 5.74) is 1.25.